The van der Waals surface area contributed by atoms with Gasteiger partial charge in [-0.1, -0.05) is 38.1 Å². The van der Waals surface area contributed by atoms with Crippen molar-refractivity contribution < 1.29 is 0 Å². The van der Waals surface area contributed by atoms with Crippen LogP contribution in [0.5, 0.6) is 0 Å². The molecule has 1 atom stereocenters. The first-order valence-corrected chi connectivity index (χ1v) is 7.22. The Labute approximate surface area is 103 Å². The van der Waals surface area contributed by atoms with Crippen molar-refractivity contribution in [1.29, 1.82) is 0 Å². The summed E-state index contributed by atoms with van der Waals surface area (Å²) >= 11 is 2.08. The Morgan fingerprint density at radius 3 is 2.75 bits per heavy atom. The molecule has 0 aliphatic carbocycles. The van der Waals surface area contributed by atoms with E-state index in [9.17, 15) is 0 Å². The average molecular weight is 235 g/mol. The number of benzene rings is 1. The predicted octanol–water partition coefficient (Wildman–Crippen LogP) is 3.53. The summed E-state index contributed by atoms with van der Waals surface area (Å²) in [5, 5.41) is 0. The molecule has 0 amide bonds. The van der Waals surface area contributed by atoms with Crippen LogP contribution in [0.1, 0.15) is 36.9 Å². The summed E-state index contributed by atoms with van der Waals surface area (Å²) in [5.41, 5.74) is 3.05. The van der Waals surface area contributed by atoms with Crippen LogP contribution in [0.2, 0.25) is 0 Å². The largest absolute Gasteiger partial charge is 0.298 e. The second kappa shape index (κ2) is 5.24. The Morgan fingerprint density at radius 1 is 1.31 bits per heavy atom. The summed E-state index contributed by atoms with van der Waals surface area (Å²) in [7, 11) is 2.25. The maximum atomic E-state index is 2.50. The Kier molecular flexibility index (Phi) is 3.93. The van der Waals surface area contributed by atoms with Crippen molar-refractivity contribution in [1.82, 2.24) is 4.90 Å². The smallest absolute Gasteiger partial charge is 0.0438 e. The first-order valence-electron chi connectivity index (χ1n) is 6.07. The molecule has 0 N–H and O–H groups in total. The quantitative estimate of drug-likeness (QED) is 0.771. The van der Waals surface area contributed by atoms with Crippen molar-refractivity contribution in [3.8, 4) is 0 Å². The molecule has 0 aromatic heterocycles. The van der Waals surface area contributed by atoms with Crippen LogP contribution < -0.4 is 0 Å². The monoisotopic (exact) mass is 235 g/mol. The lowest BCUT2D eigenvalue weighted by atomic mass is 9.93. The molecule has 1 aliphatic heterocycles. The van der Waals surface area contributed by atoms with E-state index in [2.05, 4.69) is 61.8 Å². The minimum absolute atomic E-state index is 0.609. The van der Waals surface area contributed by atoms with Gasteiger partial charge in [0.2, 0.25) is 0 Å². The Bertz CT molecular complexity index is 348. The zero-order valence-corrected chi connectivity index (χ0v) is 11.3. The van der Waals surface area contributed by atoms with Crippen molar-refractivity contribution >= 4 is 11.8 Å². The van der Waals surface area contributed by atoms with E-state index < -0.39 is 0 Å². The average Bonchev–Trinajstić information content (AvgIpc) is 2.29. The lowest BCUT2D eigenvalue weighted by Crippen LogP contribution is -2.33. The summed E-state index contributed by atoms with van der Waals surface area (Å²) in [5.74, 6) is 3.13. The van der Waals surface area contributed by atoms with Crippen molar-refractivity contribution in [2.45, 2.75) is 25.8 Å². The number of thioether (sulfide) groups is 1. The highest BCUT2D eigenvalue weighted by Gasteiger charge is 2.23. The first-order chi connectivity index (χ1) is 7.70. The van der Waals surface area contributed by atoms with Crippen molar-refractivity contribution in [2.24, 2.45) is 0 Å². The zero-order chi connectivity index (χ0) is 11.5. The maximum Gasteiger partial charge on any atom is 0.0438 e. The highest BCUT2D eigenvalue weighted by atomic mass is 32.2. The highest BCUT2D eigenvalue weighted by molar-refractivity contribution is 7.99. The summed E-state index contributed by atoms with van der Waals surface area (Å²) < 4.78 is 0. The number of hydrogen-bond donors (Lipinski definition) is 0. The molecule has 1 unspecified atom stereocenters. The minimum atomic E-state index is 0.609. The highest BCUT2D eigenvalue weighted by Crippen LogP contribution is 2.32. The van der Waals surface area contributed by atoms with Crippen LogP contribution in [0.25, 0.3) is 0 Å². The lowest BCUT2D eigenvalue weighted by molar-refractivity contribution is 0.273. The van der Waals surface area contributed by atoms with Gasteiger partial charge in [-0.3, -0.25) is 4.90 Å². The molecule has 0 spiro atoms. The van der Waals surface area contributed by atoms with Crippen LogP contribution in [-0.4, -0.2) is 30.0 Å². The van der Waals surface area contributed by atoms with Crippen LogP contribution in [-0.2, 0) is 0 Å². The van der Waals surface area contributed by atoms with Crippen molar-refractivity contribution in [3.05, 3.63) is 35.4 Å². The molecule has 0 saturated carbocycles. The fourth-order valence-corrected chi connectivity index (χ4v) is 3.59. The van der Waals surface area contributed by atoms with E-state index in [0.717, 1.165) is 0 Å². The van der Waals surface area contributed by atoms with E-state index in [1.54, 1.807) is 0 Å². The topological polar surface area (TPSA) is 3.24 Å². The third kappa shape index (κ3) is 2.44. The number of hydrogen-bond acceptors (Lipinski definition) is 2. The Hall–Kier alpha value is -0.470. The van der Waals surface area contributed by atoms with E-state index in [0.29, 0.717) is 12.0 Å². The van der Waals surface area contributed by atoms with Crippen molar-refractivity contribution in [3.63, 3.8) is 0 Å². The van der Waals surface area contributed by atoms with Gasteiger partial charge in [0.1, 0.15) is 0 Å². The van der Waals surface area contributed by atoms with Gasteiger partial charge in [-0.15, -0.1) is 0 Å². The Morgan fingerprint density at radius 2 is 2.06 bits per heavy atom. The summed E-state index contributed by atoms with van der Waals surface area (Å²) in [6, 6.07) is 9.54. The third-order valence-electron chi connectivity index (χ3n) is 3.37. The lowest BCUT2D eigenvalue weighted by Gasteiger charge is -2.34. The molecular weight excluding hydrogens is 214 g/mol. The van der Waals surface area contributed by atoms with Crippen LogP contribution in [0.4, 0.5) is 0 Å². The van der Waals surface area contributed by atoms with Gasteiger partial charge in [-0.25, -0.2) is 0 Å². The van der Waals surface area contributed by atoms with Crippen LogP contribution >= 0.6 is 11.8 Å². The minimum Gasteiger partial charge on any atom is -0.298 e. The molecule has 1 aromatic carbocycles. The van der Waals surface area contributed by atoms with E-state index in [4.69, 9.17) is 0 Å². The summed E-state index contributed by atoms with van der Waals surface area (Å²) in [4.78, 5) is 2.50. The molecule has 16 heavy (non-hydrogen) atoms. The van der Waals surface area contributed by atoms with Crippen molar-refractivity contribution in [2.75, 3.05) is 25.1 Å². The second-order valence-electron chi connectivity index (χ2n) is 4.85. The van der Waals surface area contributed by atoms with Gasteiger partial charge in [-0.05, 0) is 24.1 Å². The molecule has 0 radical (unpaired) electrons. The van der Waals surface area contributed by atoms with Crippen LogP contribution in [0.3, 0.4) is 0 Å². The molecule has 1 fully saturated rings. The second-order valence-corrected chi connectivity index (χ2v) is 6.00. The zero-order valence-electron chi connectivity index (χ0n) is 10.4. The van der Waals surface area contributed by atoms with Gasteiger partial charge >= 0.3 is 0 Å². The van der Waals surface area contributed by atoms with Gasteiger partial charge in [0, 0.05) is 24.1 Å². The molecule has 0 bridgehead atoms. The van der Waals surface area contributed by atoms with Gasteiger partial charge < -0.3 is 0 Å². The Balaban J connectivity index is 2.31. The van der Waals surface area contributed by atoms with E-state index in [1.807, 2.05) is 0 Å². The fraction of sp³-hybridized carbons (Fsp3) is 0.571. The molecule has 1 saturated heterocycles. The normalized spacial score (nSPS) is 22.6. The predicted molar refractivity (Wildman–Crippen MR) is 73.2 cm³/mol. The van der Waals surface area contributed by atoms with Gasteiger partial charge in [0.05, 0.1) is 0 Å². The van der Waals surface area contributed by atoms with E-state index in [1.165, 1.54) is 29.2 Å². The fourth-order valence-electron chi connectivity index (χ4n) is 2.35. The molecule has 2 heteroatoms. The molecular formula is C14H21NS. The molecule has 1 aromatic rings. The molecule has 1 nitrogen and oxygen atoms in total. The molecule has 88 valence electrons. The molecule has 1 aliphatic rings. The van der Waals surface area contributed by atoms with Crippen LogP contribution in [0.15, 0.2) is 24.3 Å². The van der Waals surface area contributed by atoms with Gasteiger partial charge in [0.25, 0.3) is 0 Å². The van der Waals surface area contributed by atoms with E-state index in [-0.39, 0.29) is 0 Å². The van der Waals surface area contributed by atoms with Crippen LogP contribution in [0, 0.1) is 0 Å². The summed E-state index contributed by atoms with van der Waals surface area (Å²) in [6.45, 7) is 5.78. The number of rotatable bonds is 2. The third-order valence-corrected chi connectivity index (χ3v) is 4.40. The molecule has 2 rings (SSSR count). The van der Waals surface area contributed by atoms with E-state index >= 15 is 0 Å². The van der Waals surface area contributed by atoms with Gasteiger partial charge in [0.15, 0.2) is 0 Å². The summed E-state index contributed by atoms with van der Waals surface area (Å²) in [6.07, 6.45) is 0. The number of nitrogens with zero attached hydrogens (tertiary/aromatic N) is 1. The SMILES string of the molecule is CC(C)c1ccccc1C1CSCCN1C. The maximum absolute atomic E-state index is 2.50. The first kappa shape index (κ1) is 12.0. The van der Waals surface area contributed by atoms with Gasteiger partial charge in [-0.2, -0.15) is 11.8 Å². The standard InChI is InChI=1S/C14H21NS/c1-11(2)12-6-4-5-7-13(12)14-10-16-9-8-15(14)3/h4-7,11,14H,8-10H2,1-3H3. The molecule has 1 heterocycles.